The molecule has 0 amide bonds. The van der Waals surface area contributed by atoms with E-state index in [-0.39, 0.29) is 10.8 Å². The Labute approximate surface area is 154 Å². The summed E-state index contributed by atoms with van der Waals surface area (Å²) in [6.07, 6.45) is 10.9. The molecular formula is C20H25ClFN3. The van der Waals surface area contributed by atoms with Crippen molar-refractivity contribution in [3.63, 3.8) is 0 Å². The van der Waals surface area contributed by atoms with Crippen LogP contribution in [0.4, 0.5) is 10.3 Å². The first-order valence-electron chi connectivity index (χ1n) is 7.91. The Morgan fingerprint density at radius 3 is 2.44 bits per heavy atom. The van der Waals surface area contributed by atoms with E-state index < -0.39 is 0 Å². The van der Waals surface area contributed by atoms with Crippen molar-refractivity contribution in [3.05, 3.63) is 58.8 Å². The molecule has 0 aliphatic heterocycles. The molecule has 25 heavy (non-hydrogen) atoms. The van der Waals surface area contributed by atoms with Gasteiger partial charge in [0.2, 0.25) is 5.95 Å². The molecule has 0 spiro atoms. The molecule has 1 aromatic carbocycles. The van der Waals surface area contributed by atoms with Crippen LogP contribution in [0.2, 0.25) is 5.02 Å². The molecule has 3 rings (SSSR count). The van der Waals surface area contributed by atoms with Gasteiger partial charge < -0.3 is 10.3 Å². The number of aromatic amines is 1. The van der Waals surface area contributed by atoms with Crippen molar-refractivity contribution in [1.82, 2.24) is 9.97 Å². The fourth-order valence-electron chi connectivity index (χ4n) is 2.44. The maximum absolute atomic E-state index is 12.8. The van der Waals surface area contributed by atoms with Gasteiger partial charge in [-0.05, 0) is 49.3 Å². The summed E-state index contributed by atoms with van der Waals surface area (Å²) in [7, 11) is 0. The number of allylic oxidation sites excluding steroid dienone is 1. The summed E-state index contributed by atoms with van der Waals surface area (Å²) in [5.41, 5.74) is 3.47. The Kier molecular flexibility index (Phi) is 7.26. The van der Waals surface area contributed by atoms with Crippen LogP contribution in [0.25, 0.3) is 0 Å². The van der Waals surface area contributed by atoms with Crippen molar-refractivity contribution >= 4 is 17.5 Å². The lowest BCUT2D eigenvalue weighted by Crippen LogP contribution is -1.94. The van der Waals surface area contributed by atoms with Gasteiger partial charge in [-0.25, -0.2) is 9.37 Å². The standard InChI is InChI=1S/C11H12ClF.C7H11N3.C2H2/c1-11(2)6-8(11)7-3-4-10(13)9(12)5-7;1-5(2)9-7-8-4-6(3)10-7;1-2/h3-5,8H,6H2,1-2H3;4H,1H2,2-3H3,(H2,8,9,10);1-2H/t8-;;/m0../s1. The smallest absolute Gasteiger partial charge is 0.204 e. The first kappa shape index (κ1) is 20.8. The minimum absolute atomic E-state index is 0.236. The summed E-state index contributed by atoms with van der Waals surface area (Å²) in [5.74, 6) is 0.986. The summed E-state index contributed by atoms with van der Waals surface area (Å²) >= 11 is 5.70. The van der Waals surface area contributed by atoms with E-state index in [2.05, 4.69) is 48.6 Å². The molecule has 5 heteroatoms. The average molecular weight is 362 g/mol. The molecule has 1 fully saturated rings. The molecule has 1 atom stereocenters. The Hall–Kier alpha value is -2.25. The normalized spacial score (nSPS) is 16.6. The number of nitrogens with one attached hydrogen (secondary N) is 2. The molecule has 1 saturated carbocycles. The molecule has 1 aromatic heterocycles. The molecule has 1 heterocycles. The fourth-order valence-corrected chi connectivity index (χ4v) is 2.63. The third kappa shape index (κ3) is 6.28. The lowest BCUT2D eigenvalue weighted by atomic mass is 10.0. The molecule has 2 N–H and O–H groups in total. The number of hydrogen-bond donors (Lipinski definition) is 2. The second kappa shape index (κ2) is 8.73. The highest BCUT2D eigenvalue weighted by Gasteiger charge is 2.46. The maximum atomic E-state index is 12.8. The van der Waals surface area contributed by atoms with Crippen molar-refractivity contribution < 1.29 is 4.39 Å². The number of hydrogen-bond acceptors (Lipinski definition) is 2. The zero-order valence-electron chi connectivity index (χ0n) is 15.2. The largest absolute Gasteiger partial charge is 0.330 e. The van der Waals surface area contributed by atoms with Gasteiger partial charge in [-0.2, -0.15) is 0 Å². The molecule has 0 unspecified atom stereocenters. The lowest BCUT2D eigenvalue weighted by molar-refractivity contribution is 0.614. The van der Waals surface area contributed by atoms with Gasteiger partial charge >= 0.3 is 0 Å². The number of benzene rings is 1. The van der Waals surface area contributed by atoms with Gasteiger partial charge in [0.05, 0.1) is 5.02 Å². The summed E-state index contributed by atoms with van der Waals surface area (Å²) in [6, 6.07) is 5.03. The molecule has 3 nitrogen and oxygen atoms in total. The molecule has 0 bridgehead atoms. The van der Waals surface area contributed by atoms with E-state index >= 15 is 0 Å². The lowest BCUT2D eigenvalue weighted by Gasteiger charge is -2.04. The van der Waals surface area contributed by atoms with Crippen LogP contribution >= 0.6 is 11.6 Å². The van der Waals surface area contributed by atoms with Crippen LogP contribution in [0, 0.1) is 31.0 Å². The molecule has 0 saturated heterocycles. The zero-order chi connectivity index (χ0) is 19.2. The third-order valence-electron chi connectivity index (χ3n) is 3.89. The van der Waals surface area contributed by atoms with Gasteiger partial charge in [0.15, 0.2) is 0 Å². The van der Waals surface area contributed by atoms with Crippen molar-refractivity contribution in [3.8, 4) is 12.8 Å². The number of halogens is 2. The second-order valence-corrected chi connectivity index (χ2v) is 7.15. The topological polar surface area (TPSA) is 40.7 Å². The van der Waals surface area contributed by atoms with Crippen LogP contribution in [-0.2, 0) is 0 Å². The van der Waals surface area contributed by atoms with Gasteiger partial charge in [0, 0.05) is 17.6 Å². The van der Waals surface area contributed by atoms with Gasteiger partial charge in [-0.15, -0.1) is 12.8 Å². The van der Waals surface area contributed by atoms with Crippen molar-refractivity contribution in [2.45, 2.75) is 40.0 Å². The highest BCUT2D eigenvalue weighted by atomic mass is 35.5. The van der Waals surface area contributed by atoms with E-state index in [0.717, 1.165) is 22.9 Å². The van der Waals surface area contributed by atoms with Gasteiger partial charge in [0.25, 0.3) is 0 Å². The van der Waals surface area contributed by atoms with Gasteiger partial charge in [-0.1, -0.05) is 38.1 Å². The molecule has 2 aromatic rings. The Bertz CT molecular complexity index is 746. The summed E-state index contributed by atoms with van der Waals surface area (Å²) < 4.78 is 12.8. The number of anilines is 1. The van der Waals surface area contributed by atoms with E-state index in [4.69, 9.17) is 11.6 Å². The van der Waals surface area contributed by atoms with E-state index in [1.54, 1.807) is 12.3 Å². The Morgan fingerprint density at radius 1 is 1.44 bits per heavy atom. The van der Waals surface area contributed by atoms with Crippen LogP contribution in [0.3, 0.4) is 0 Å². The number of imidazole rings is 1. The number of aryl methyl sites for hydroxylation is 1. The molecular weight excluding hydrogens is 337 g/mol. The molecule has 134 valence electrons. The van der Waals surface area contributed by atoms with Crippen LogP contribution < -0.4 is 5.32 Å². The SMILES string of the molecule is C#C.C=C(C)Nc1ncc(C)[nH]1.CC1(C)C[C@H]1c1ccc(F)c(Cl)c1. The van der Waals surface area contributed by atoms with Gasteiger partial charge in [0.1, 0.15) is 5.82 Å². The number of aromatic nitrogens is 2. The predicted octanol–water partition coefficient (Wildman–Crippen LogP) is 5.91. The number of rotatable bonds is 3. The number of terminal acetylenes is 1. The van der Waals surface area contributed by atoms with E-state index in [1.807, 2.05) is 19.9 Å². The Morgan fingerprint density at radius 2 is 2.04 bits per heavy atom. The van der Waals surface area contributed by atoms with Gasteiger partial charge in [-0.3, -0.25) is 0 Å². The van der Waals surface area contributed by atoms with Crippen molar-refractivity contribution in [1.29, 1.82) is 0 Å². The molecule has 0 radical (unpaired) electrons. The minimum atomic E-state index is -0.330. The number of H-pyrrole nitrogens is 1. The first-order valence-corrected chi connectivity index (χ1v) is 8.29. The average Bonchev–Trinajstić information content (AvgIpc) is 2.99. The first-order chi connectivity index (χ1) is 11.7. The Balaban J connectivity index is 0.000000235. The van der Waals surface area contributed by atoms with E-state index in [0.29, 0.717) is 11.3 Å². The van der Waals surface area contributed by atoms with Crippen LogP contribution in [0.15, 0.2) is 36.7 Å². The summed E-state index contributed by atoms with van der Waals surface area (Å²) in [6.45, 7) is 12.0. The van der Waals surface area contributed by atoms with E-state index in [9.17, 15) is 4.39 Å². The quantitative estimate of drug-likeness (QED) is 0.667. The second-order valence-electron chi connectivity index (χ2n) is 6.74. The monoisotopic (exact) mass is 361 g/mol. The van der Waals surface area contributed by atoms with Crippen LogP contribution in [0.5, 0.6) is 0 Å². The highest BCUT2D eigenvalue weighted by molar-refractivity contribution is 6.30. The highest BCUT2D eigenvalue weighted by Crippen LogP contribution is 2.58. The predicted molar refractivity (Wildman–Crippen MR) is 104 cm³/mol. The van der Waals surface area contributed by atoms with Crippen molar-refractivity contribution in [2.24, 2.45) is 5.41 Å². The minimum Gasteiger partial charge on any atom is -0.330 e. The van der Waals surface area contributed by atoms with Crippen molar-refractivity contribution in [2.75, 3.05) is 5.32 Å². The third-order valence-corrected chi connectivity index (χ3v) is 4.18. The fraction of sp³-hybridized carbons (Fsp3) is 0.350. The van der Waals surface area contributed by atoms with Crippen LogP contribution in [0.1, 0.15) is 44.4 Å². The molecule has 1 aliphatic rings. The summed E-state index contributed by atoms with van der Waals surface area (Å²) in [4.78, 5) is 7.05. The maximum Gasteiger partial charge on any atom is 0.204 e. The molecule has 1 aliphatic carbocycles. The number of nitrogens with zero attached hydrogens (tertiary/aromatic N) is 1. The summed E-state index contributed by atoms with van der Waals surface area (Å²) in [5, 5.41) is 3.20. The zero-order valence-corrected chi connectivity index (χ0v) is 15.9. The van der Waals surface area contributed by atoms with Crippen LogP contribution in [-0.4, -0.2) is 9.97 Å². The van der Waals surface area contributed by atoms with E-state index in [1.165, 1.54) is 12.5 Å².